The SMILES string of the molecule is O=S(O)c1ccccc1S. The minimum Gasteiger partial charge on any atom is -0.302 e. The van der Waals surface area contributed by atoms with Crippen LogP contribution in [0.4, 0.5) is 0 Å². The third-order valence-corrected chi connectivity index (χ3v) is 2.33. The van der Waals surface area contributed by atoms with Crippen molar-refractivity contribution >= 4 is 23.7 Å². The van der Waals surface area contributed by atoms with Gasteiger partial charge >= 0.3 is 0 Å². The van der Waals surface area contributed by atoms with Crippen LogP contribution in [0, 0.1) is 0 Å². The summed E-state index contributed by atoms with van der Waals surface area (Å²) in [4.78, 5) is 0.897. The lowest BCUT2D eigenvalue weighted by molar-refractivity contribution is 0.562. The van der Waals surface area contributed by atoms with Gasteiger partial charge in [-0.3, -0.25) is 0 Å². The van der Waals surface area contributed by atoms with Gasteiger partial charge in [-0.15, -0.1) is 12.6 Å². The van der Waals surface area contributed by atoms with Crippen molar-refractivity contribution in [1.82, 2.24) is 0 Å². The number of thiol groups is 1. The highest BCUT2D eigenvalue weighted by Crippen LogP contribution is 2.15. The summed E-state index contributed by atoms with van der Waals surface area (Å²) >= 11 is 2.07. The fourth-order valence-corrected chi connectivity index (χ4v) is 1.44. The van der Waals surface area contributed by atoms with Crippen molar-refractivity contribution in [2.45, 2.75) is 9.79 Å². The van der Waals surface area contributed by atoms with E-state index in [1.165, 1.54) is 0 Å². The van der Waals surface area contributed by atoms with Gasteiger partial charge in [-0.1, -0.05) is 12.1 Å². The standard InChI is InChI=1S/C6H6O2S2/c7-10(8)6-4-2-1-3-5(6)9/h1-4,9H,(H,7,8). The zero-order valence-electron chi connectivity index (χ0n) is 5.02. The maximum absolute atomic E-state index is 10.5. The molecule has 1 aromatic carbocycles. The van der Waals surface area contributed by atoms with Crippen LogP contribution in [0.25, 0.3) is 0 Å². The molecule has 1 aromatic rings. The summed E-state index contributed by atoms with van der Waals surface area (Å²) in [5.74, 6) is 0. The molecular weight excluding hydrogens is 168 g/mol. The Kier molecular flexibility index (Phi) is 2.48. The van der Waals surface area contributed by atoms with E-state index in [2.05, 4.69) is 12.6 Å². The van der Waals surface area contributed by atoms with Gasteiger partial charge in [-0.2, -0.15) is 0 Å². The van der Waals surface area contributed by atoms with E-state index in [0.717, 1.165) is 0 Å². The van der Waals surface area contributed by atoms with E-state index >= 15 is 0 Å². The molecule has 0 aliphatic carbocycles. The number of benzene rings is 1. The highest BCUT2D eigenvalue weighted by Gasteiger charge is 2.01. The molecule has 1 N–H and O–H groups in total. The van der Waals surface area contributed by atoms with Crippen LogP contribution >= 0.6 is 12.6 Å². The third kappa shape index (κ3) is 1.59. The Morgan fingerprint density at radius 1 is 1.40 bits per heavy atom. The molecule has 4 heteroatoms. The van der Waals surface area contributed by atoms with Crippen LogP contribution in [0.2, 0.25) is 0 Å². The zero-order valence-corrected chi connectivity index (χ0v) is 6.73. The van der Waals surface area contributed by atoms with Gasteiger partial charge in [-0.25, -0.2) is 4.21 Å². The summed E-state index contributed by atoms with van der Waals surface area (Å²) in [6, 6.07) is 6.70. The zero-order chi connectivity index (χ0) is 7.56. The Morgan fingerprint density at radius 2 is 2.00 bits per heavy atom. The summed E-state index contributed by atoms with van der Waals surface area (Å²) < 4.78 is 19.1. The second-order valence-corrected chi connectivity index (χ2v) is 3.14. The normalized spacial score (nSPS) is 13.0. The van der Waals surface area contributed by atoms with Gasteiger partial charge in [0, 0.05) is 4.90 Å². The first-order chi connectivity index (χ1) is 4.72. The quantitative estimate of drug-likeness (QED) is 0.501. The Hall–Kier alpha value is -0.320. The predicted molar refractivity (Wildman–Crippen MR) is 42.7 cm³/mol. The van der Waals surface area contributed by atoms with Crippen LogP contribution < -0.4 is 0 Å². The maximum atomic E-state index is 10.5. The van der Waals surface area contributed by atoms with E-state index in [-0.39, 0.29) is 0 Å². The Morgan fingerprint density at radius 3 is 2.40 bits per heavy atom. The predicted octanol–water partition coefficient (Wildman–Crippen LogP) is 1.56. The Balaban J connectivity index is 3.15. The minimum atomic E-state index is -1.92. The highest BCUT2D eigenvalue weighted by atomic mass is 32.2. The number of rotatable bonds is 1. The van der Waals surface area contributed by atoms with Gasteiger partial charge in [0.1, 0.15) is 0 Å². The van der Waals surface area contributed by atoms with Crippen molar-refractivity contribution in [1.29, 1.82) is 0 Å². The fourth-order valence-electron chi connectivity index (χ4n) is 0.605. The molecule has 0 bridgehead atoms. The van der Waals surface area contributed by atoms with Gasteiger partial charge in [0.25, 0.3) is 0 Å². The van der Waals surface area contributed by atoms with Crippen molar-refractivity contribution in [2.75, 3.05) is 0 Å². The van der Waals surface area contributed by atoms with E-state index in [0.29, 0.717) is 9.79 Å². The Bertz CT molecular complexity index is 260. The van der Waals surface area contributed by atoms with Crippen molar-refractivity contribution in [3.63, 3.8) is 0 Å². The minimum absolute atomic E-state index is 0.353. The molecule has 1 atom stereocenters. The average molecular weight is 174 g/mol. The summed E-state index contributed by atoms with van der Waals surface area (Å²) in [6.45, 7) is 0. The summed E-state index contributed by atoms with van der Waals surface area (Å²) in [5, 5.41) is 0. The largest absolute Gasteiger partial charge is 0.302 e. The van der Waals surface area contributed by atoms with Gasteiger partial charge in [0.05, 0.1) is 4.90 Å². The number of hydrogen-bond acceptors (Lipinski definition) is 2. The molecule has 54 valence electrons. The monoisotopic (exact) mass is 174 g/mol. The molecule has 0 aliphatic heterocycles. The first kappa shape index (κ1) is 7.78. The molecule has 0 fully saturated rings. The lowest BCUT2D eigenvalue weighted by atomic mass is 10.4. The molecule has 0 spiro atoms. The van der Waals surface area contributed by atoms with Crippen LogP contribution in [0.3, 0.4) is 0 Å². The first-order valence-corrected chi connectivity index (χ1v) is 4.16. The lowest BCUT2D eigenvalue weighted by Gasteiger charge is -1.96. The van der Waals surface area contributed by atoms with E-state index in [9.17, 15) is 4.21 Å². The van der Waals surface area contributed by atoms with Crippen molar-refractivity contribution in [3.8, 4) is 0 Å². The van der Waals surface area contributed by atoms with Crippen LogP contribution in [0.15, 0.2) is 34.1 Å². The molecule has 1 rings (SSSR count). The van der Waals surface area contributed by atoms with Gasteiger partial charge < -0.3 is 4.55 Å². The van der Waals surface area contributed by atoms with Gasteiger partial charge in [-0.05, 0) is 12.1 Å². The molecule has 2 nitrogen and oxygen atoms in total. The second kappa shape index (κ2) is 3.18. The topological polar surface area (TPSA) is 37.3 Å². The van der Waals surface area contributed by atoms with E-state index in [1.54, 1.807) is 24.3 Å². The fraction of sp³-hybridized carbons (Fsp3) is 0. The summed E-state index contributed by atoms with van der Waals surface area (Å²) in [6.07, 6.45) is 0. The van der Waals surface area contributed by atoms with E-state index < -0.39 is 11.1 Å². The molecule has 0 saturated heterocycles. The molecule has 0 heterocycles. The van der Waals surface area contributed by atoms with Gasteiger partial charge in [0.2, 0.25) is 0 Å². The molecule has 0 radical (unpaired) electrons. The van der Waals surface area contributed by atoms with Gasteiger partial charge in [0.15, 0.2) is 11.1 Å². The van der Waals surface area contributed by atoms with Crippen LogP contribution in [-0.2, 0) is 11.1 Å². The first-order valence-electron chi connectivity index (χ1n) is 2.60. The van der Waals surface area contributed by atoms with Crippen molar-refractivity contribution < 1.29 is 8.76 Å². The molecule has 0 aliphatic rings. The third-order valence-electron chi connectivity index (χ3n) is 1.05. The lowest BCUT2D eigenvalue weighted by Crippen LogP contribution is -1.88. The highest BCUT2D eigenvalue weighted by molar-refractivity contribution is 7.83. The molecule has 10 heavy (non-hydrogen) atoms. The van der Waals surface area contributed by atoms with Crippen molar-refractivity contribution in [2.24, 2.45) is 0 Å². The molecular formula is C6H6O2S2. The Labute approximate surface area is 67.0 Å². The molecule has 0 saturated carbocycles. The van der Waals surface area contributed by atoms with Crippen molar-refractivity contribution in [3.05, 3.63) is 24.3 Å². The number of hydrogen-bond donors (Lipinski definition) is 2. The smallest absolute Gasteiger partial charge is 0.187 e. The maximum Gasteiger partial charge on any atom is 0.187 e. The molecule has 0 aromatic heterocycles. The van der Waals surface area contributed by atoms with Crippen LogP contribution in [-0.4, -0.2) is 8.76 Å². The van der Waals surface area contributed by atoms with E-state index in [1.807, 2.05) is 0 Å². The van der Waals surface area contributed by atoms with E-state index in [4.69, 9.17) is 4.55 Å². The average Bonchev–Trinajstić information content (AvgIpc) is 1.88. The molecule has 0 amide bonds. The molecule has 1 unspecified atom stereocenters. The van der Waals surface area contributed by atoms with Crippen LogP contribution in [0.1, 0.15) is 0 Å². The van der Waals surface area contributed by atoms with Crippen LogP contribution in [0.5, 0.6) is 0 Å². The summed E-state index contributed by atoms with van der Waals surface area (Å²) in [5.41, 5.74) is 0. The summed E-state index contributed by atoms with van der Waals surface area (Å²) in [7, 11) is 0. The second-order valence-electron chi connectivity index (χ2n) is 1.72.